The molecule has 1 aromatic heterocycles. The average molecular weight is 237 g/mol. The lowest BCUT2D eigenvalue weighted by Crippen LogP contribution is -2.13. The Kier molecular flexibility index (Phi) is 2.84. The van der Waals surface area contributed by atoms with Gasteiger partial charge in [0.05, 0.1) is 12.7 Å². The van der Waals surface area contributed by atoms with Crippen LogP contribution in [0.5, 0.6) is 5.75 Å². The van der Waals surface area contributed by atoms with Gasteiger partial charge in [-0.3, -0.25) is 0 Å². The molecule has 0 atom stereocenters. The Morgan fingerprint density at radius 3 is 3.00 bits per heavy atom. The van der Waals surface area contributed by atoms with Crippen LogP contribution in [-0.4, -0.2) is 17.7 Å². The number of thiophene rings is 1. The first-order valence-corrected chi connectivity index (χ1v) is 5.85. The maximum atomic E-state index is 10.8. The molecule has 0 bridgehead atoms. The van der Waals surface area contributed by atoms with Crippen LogP contribution in [0.1, 0.15) is 28.9 Å². The standard InChI is InChI=1S/C11H11NO3S/c12-5-4-11(2-3-11)7-15-8-1-6-16-9(8)10(13)14/h1,6H,2-4,7H2,(H,13,14). The minimum absolute atomic E-state index is 0.0214. The Balaban J connectivity index is 1.98. The van der Waals surface area contributed by atoms with Gasteiger partial charge in [-0.15, -0.1) is 11.3 Å². The summed E-state index contributed by atoms with van der Waals surface area (Å²) < 4.78 is 5.50. The van der Waals surface area contributed by atoms with Crippen molar-refractivity contribution in [1.82, 2.24) is 0 Å². The van der Waals surface area contributed by atoms with E-state index >= 15 is 0 Å². The summed E-state index contributed by atoms with van der Waals surface area (Å²) >= 11 is 1.15. The van der Waals surface area contributed by atoms with Crippen molar-refractivity contribution in [3.8, 4) is 11.8 Å². The molecule has 0 unspecified atom stereocenters. The summed E-state index contributed by atoms with van der Waals surface area (Å²) in [5, 5.41) is 19.2. The summed E-state index contributed by atoms with van der Waals surface area (Å²) in [5.74, 6) is -0.545. The number of rotatable bonds is 5. The van der Waals surface area contributed by atoms with Gasteiger partial charge in [0.1, 0.15) is 5.75 Å². The Morgan fingerprint density at radius 2 is 2.44 bits per heavy atom. The summed E-state index contributed by atoms with van der Waals surface area (Å²) in [4.78, 5) is 11.1. The number of nitrogens with zero attached hydrogens (tertiary/aromatic N) is 1. The molecule has 4 nitrogen and oxygen atoms in total. The summed E-state index contributed by atoms with van der Waals surface area (Å²) in [6, 6.07) is 3.81. The van der Waals surface area contributed by atoms with E-state index in [1.54, 1.807) is 11.4 Å². The van der Waals surface area contributed by atoms with Crippen molar-refractivity contribution in [2.45, 2.75) is 19.3 Å². The topological polar surface area (TPSA) is 70.3 Å². The van der Waals surface area contributed by atoms with Crippen LogP contribution < -0.4 is 4.74 Å². The second kappa shape index (κ2) is 4.14. The number of aromatic carboxylic acids is 1. The van der Waals surface area contributed by atoms with Crippen LogP contribution in [0.3, 0.4) is 0 Å². The van der Waals surface area contributed by atoms with E-state index in [1.165, 1.54) is 0 Å². The minimum atomic E-state index is -0.963. The van der Waals surface area contributed by atoms with Gasteiger partial charge in [0.2, 0.25) is 0 Å². The molecule has 84 valence electrons. The van der Waals surface area contributed by atoms with Crippen molar-refractivity contribution in [1.29, 1.82) is 5.26 Å². The van der Waals surface area contributed by atoms with E-state index in [0.29, 0.717) is 18.8 Å². The molecule has 0 spiro atoms. The summed E-state index contributed by atoms with van der Waals surface area (Å²) in [6.07, 6.45) is 2.47. The zero-order valence-corrected chi connectivity index (χ0v) is 9.42. The van der Waals surface area contributed by atoms with E-state index < -0.39 is 5.97 Å². The first kappa shape index (κ1) is 11.0. The van der Waals surface area contributed by atoms with E-state index in [4.69, 9.17) is 15.1 Å². The maximum absolute atomic E-state index is 10.8. The number of ether oxygens (including phenoxy) is 1. The van der Waals surface area contributed by atoms with E-state index in [0.717, 1.165) is 24.2 Å². The van der Waals surface area contributed by atoms with Crippen molar-refractivity contribution >= 4 is 17.3 Å². The number of carboxylic acids is 1. The molecule has 0 amide bonds. The van der Waals surface area contributed by atoms with Gasteiger partial charge in [-0.05, 0) is 24.3 Å². The fourth-order valence-electron chi connectivity index (χ4n) is 1.51. The average Bonchev–Trinajstić information content (AvgIpc) is 2.84. The normalized spacial score (nSPS) is 16.4. The highest BCUT2D eigenvalue weighted by atomic mass is 32.1. The molecule has 1 heterocycles. The molecule has 0 radical (unpaired) electrons. The van der Waals surface area contributed by atoms with Crippen LogP contribution in [0.4, 0.5) is 0 Å². The Bertz CT molecular complexity index is 442. The summed E-state index contributed by atoms with van der Waals surface area (Å²) in [5.41, 5.74) is -0.0214. The molecular weight excluding hydrogens is 226 g/mol. The highest BCUT2D eigenvalue weighted by Crippen LogP contribution is 2.48. The van der Waals surface area contributed by atoms with Gasteiger partial charge in [-0.2, -0.15) is 5.26 Å². The lowest BCUT2D eigenvalue weighted by molar-refractivity contribution is 0.0696. The third-order valence-corrected chi connectivity index (χ3v) is 3.65. The minimum Gasteiger partial charge on any atom is -0.491 e. The smallest absolute Gasteiger partial charge is 0.349 e. The molecule has 2 rings (SSSR count). The third-order valence-electron chi connectivity index (χ3n) is 2.77. The first-order chi connectivity index (χ1) is 7.67. The third kappa shape index (κ3) is 2.17. The van der Waals surface area contributed by atoms with E-state index in [2.05, 4.69) is 6.07 Å². The van der Waals surface area contributed by atoms with Gasteiger partial charge in [0.25, 0.3) is 0 Å². The van der Waals surface area contributed by atoms with Gasteiger partial charge in [0.15, 0.2) is 4.88 Å². The Labute approximate surface area is 97.1 Å². The zero-order valence-electron chi connectivity index (χ0n) is 8.60. The van der Waals surface area contributed by atoms with Crippen LogP contribution in [0, 0.1) is 16.7 Å². The van der Waals surface area contributed by atoms with Crippen LogP contribution in [0.15, 0.2) is 11.4 Å². The van der Waals surface area contributed by atoms with Crippen molar-refractivity contribution in [3.63, 3.8) is 0 Å². The SMILES string of the molecule is N#CCC1(COc2ccsc2C(=O)O)CC1. The molecule has 5 heteroatoms. The highest BCUT2D eigenvalue weighted by molar-refractivity contribution is 7.12. The van der Waals surface area contributed by atoms with Crippen LogP contribution in [-0.2, 0) is 0 Å². The fraction of sp³-hybridized carbons (Fsp3) is 0.455. The Hall–Kier alpha value is -1.54. The fourth-order valence-corrected chi connectivity index (χ4v) is 2.19. The number of carbonyl (C=O) groups is 1. The highest BCUT2D eigenvalue weighted by Gasteiger charge is 2.43. The molecule has 16 heavy (non-hydrogen) atoms. The van der Waals surface area contributed by atoms with Gasteiger partial charge >= 0.3 is 5.97 Å². The molecule has 0 aliphatic heterocycles. The Morgan fingerprint density at radius 1 is 1.69 bits per heavy atom. The summed E-state index contributed by atoms with van der Waals surface area (Å²) in [6.45, 7) is 0.442. The van der Waals surface area contributed by atoms with Crippen LogP contribution in [0.2, 0.25) is 0 Å². The maximum Gasteiger partial charge on any atom is 0.349 e. The summed E-state index contributed by atoms with van der Waals surface area (Å²) in [7, 11) is 0. The largest absolute Gasteiger partial charge is 0.491 e. The van der Waals surface area contributed by atoms with Crippen molar-refractivity contribution in [2.75, 3.05) is 6.61 Å². The first-order valence-electron chi connectivity index (χ1n) is 4.97. The molecule has 1 aromatic rings. The molecule has 1 saturated carbocycles. The molecule has 1 aliphatic carbocycles. The van der Waals surface area contributed by atoms with Crippen molar-refractivity contribution < 1.29 is 14.6 Å². The molecule has 1 fully saturated rings. The van der Waals surface area contributed by atoms with Gasteiger partial charge in [0, 0.05) is 11.8 Å². The zero-order chi connectivity index (χ0) is 11.6. The molecule has 0 saturated heterocycles. The van der Waals surface area contributed by atoms with Crippen LogP contribution in [0.25, 0.3) is 0 Å². The molecule has 1 N–H and O–H groups in total. The lowest BCUT2D eigenvalue weighted by atomic mass is 10.1. The van der Waals surface area contributed by atoms with Crippen LogP contribution >= 0.6 is 11.3 Å². The molecule has 1 aliphatic rings. The second-order valence-corrected chi connectivity index (χ2v) is 4.96. The quantitative estimate of drug-likeness (QED) is 0.854. The number of nitriles is 1. The number of hydrogen-bond acceptors (Lipinski definition) is 4. The monoisotopic (exact) mass is 237 g/mol. The number of hydrogen-bond donors (Lipinski definition) is 1. The predicted molar refractivity (Wildman–Crippen MR) is 58.7 cm³/mol. The van der Waals surface area contributed by atoms with Crippen molar-refractivity contribution in [3.05, 3.63) is 16.3 Å². The molecule has 0 aromatic carbocycles. The predicted octanol–water partition coefficient (Wildman–Crippen LogP) is 2.52. The van der Waals surface area contributed by atoms with E-state index in [1.807, 2.05) is 0 Å². The van der Waals surface area contributed by atoms with Crippen molar-refractivity contribution in [2.24, 2.45) is 5.41 Å². The van der Waals surface area contributed by atoms with E-state index in [-0.39, 0.29) is 10.3 Å². The van der Waals surface area contributed by atoms with Gasteiger partial charge in [-0.1, -0.05) is 0 Å². The second-order valence-electron chi connectivity index (χ2n) is 4.04. The van der Waals surface area contributed by atoms with Gasteiger partial charge in [-0.25, -0.2) is 4.79 Å². The van der Waals surface area contributed by atoms with Gasteiger partial charge < -0.3 is 9.84 Å². The molecular formula is C11H11NO3S. The number of carboxylic acid groups (broad SMARTS) is 1. The van der Waals surface area contributed by atoms with E-state index in [9.17, 15) is 4.79 Å². The lowest BCUT2D eigenvalue weighted by Gasteiger charge is -2.12.